The van der Waals surface area contributed by atoms with Gasteiger partial charge in [-0.25, -0.2) is 19.8 Å². The summed E-state index contributed by atoms with van der Waals surface area (Å²) < 4.78 is 0. The van der Waals surface area contributed by atoms with E-state index < -0.39 is 0 Å². The predicted molar refractivity (Wildman–Crippen MR) is 87.7 cm³/mol. The number of hydrogen-bond acceptors (Lipinski definition) is 3. The fraction of sp³-hybridized carbons (Fsp3) is 0.222. The maximum atomic E-state index is 7.06. The molecule has 0 unspecified atom stereocenters. The minimum absolute atomic E-state index is 0.156. The van der Waals surface area contributed by atoms with Crippen LogP contribution in [0.4, 0.5) is 5.69 Å². The van der Waals surface area contributed by atoms with Gasteiger partial charge >= 0.3 is 0 Å². The van der Waals surface area contributed by atoms with Gasteiger partial charge in [-0.1, -0.05) is 45.0 Å². The largest absolute Gasteiger partial charge is 0.238 e. The molecule has 108 valence electrons. The van der Waals surface area contributed by atoms with E-state index in [1.165, 1.54) is 0 Å². The molecule has 3 aromatic rings. The Balaban J connectivity index is 2.28. The summed E-state index contributed by atoms with van der Waals surface area (Å²) in [7, 11) is 0. The molecule has 4 heteroatoms. The van der Waals surface area contributed by atoms with Crippen molar-refractivity contribution >= 4 is 16.7 Å². The van der Waals surface area contributed by atoms with Crippen molar-refractivity contribution in [3.05, 3.63) is 59.8 Å². The van der Waals surface area contributed by atoms with Crippen molar-refractivity contribution in [2.24, 2.45) is 0 Å². The average molecular weight is 288 g/mol. The molecule has 1 aromatic carbocycles. The average Bonchev–Trinajstić information content (AvgIpc) is 2.53. The first-order valence-corrected chi connectivity index (χ1v) is 7.10. The lowest BCUT2D eigenvalue weighted by Gasteiger charge is -2.18. The molecule has 0 aliphatic rings. The minimum Gasteiger partial charge on any atom is -0.238 e. The zero-order valence-electron chi connectivity index (χ0n) is 12.8. The van der Waals surface area contributed by atoms with E-state index >= 15 is 0 Å². The Labute approximate surface area is 129 Å². The number of aromatic nitrogens is 3. The van der Waals surface area contributed by atoms with Gasteiger partial charge in [0, 0.05) is 17.0 Å². The fourth-order valence-electron chi connectivity index (χ4n) is 2.21. The smallest absolute Gasteiger partial charge is 0.187 e. The van der Waals surface area contributed by atoms with E-state index in [4.69, 9.17) is 11.6 Å². The van der Waals surface area contributed by atoms with E-state index in [1.54, 1.807) is 6.20 Å². The first-order valence-electron chi connectivity index (χ1n) is 7.10. The maximum absolute atomic E-state index is 7.06. The summed E-state index contributed by atoms with van der Waals surface area (Å²) in [4.78, 5) is 17.2. The van der Waals surface area contributed by atoms with Crippen molar-refractivity contribution < 1.29 is 0 Å². The zero-order valence-corrected chi connectivity index (χ0v) is 12.8. The minimum atomic E-state index is -0.156. The molecule has 0 fully saturated rings. The van der Waals surface area contributed by atoms with E-state index in [2.05, 4.69) is 35.6 Å². The topological polar surface area (TPSA) is 43.0 Å². The summed E-state index contributed by atoms with van der Waals surface area (Å²) in [6.45, 7) is 13.3. The molecule has 0 saturated carbocycles. The Bertz CT molecular complexity index is 868. The molecule has 0 spiro atoms. The molecule has 22 heavy (non-hydrogen) atoms. The summed E-state index contributed by atoms with van der Waals surface area (Å²) in [6, 6.07) is 11.3. The Kier molecular flexibility index (Phi) is 3.34. The Morgan fingerprint density at radius 1 is 1.00 bits per heavy atom. The number of benzene rings is 1. The highest BCUT2D eigenvalue weighted by molar-refractivity contribution is 5.90. The van der Waals surface area contributed by atoms with Crippen LogP contribution in [-0.4, -0.2) is 15.0 Å². The van der Waals surface area contributed by atoms with Gasteiger partial charge in [-0.2, -0.15) is 0 Å². The highest BCUT2D eigenvalue weighted by Gasteiger charge is 2.20. The highest BCUT2D eigenvalue weighted by Crippen LogP contribution is 2.29. The van der Waals surface area contributed by atoms with Gasteiger partial charge in [-0.05, 0) is 17.7 Å². The summed E-state index contributed by atoms with van der Waals surface area (Å²) in [5.41, 5.74) is 3.00. The van der Waals surface area contributed by atoms with Gasteiger partial charge in [0.1, 0.15) is 5.82 Å². The standard InChI is InChI=1S/C18H16N4/c1-18(2,3)17-21-15(12-7-9-13(19-4)10-8-12)14-6-5-11-20-16(14)22-17/h5-11H,1-3H3. The van der Waals surface area contributed by atoms with E-state index in [1.807, 2.05) is 36.4 Å². The van der Waals surface area contributed by atoms with E-state index in [0.29, 0.717) is 11.3 Å². The molecular weight excluding hydrogens is 272 g/mol. The molecule has 0 radical (unpaired) electrons. The first-order chi connectivity index (χ1) is 10.5. The Hall–Kier alpha value is -2.80. The first kappa shape index (κ1) is 14.2. The van der Waals surface area contributed by atoms with Crippen LogP contribution in [-0.2, 0) is 5.41 Å². The number of hydrogen-bond donors (Lipinski definition) is 0. The molecule has 2 aromatic heterocycles. The fourth-order valence-corrected chi connectivity index (χ4v) is 2.21. The third kappa shape index (κ3) is 2.53. The Morgan fingerprint density at radius 3 is 2.36 bits per heavy atom. The molecule has 3 rings (SSSR count). The number of pyridine rings is 1. The maximum Gasteiger partial charge on any atom is 0.187 e. The van der Waals surface area contributed by atoms with Gasteiger partial charge in [-0.3, -0.25) is 0 Å². The number of rotatable bonds is 1. The summed E-state index contributed by atoms with van der Waals surface area (Å²) in [6.07, 6.45) is 1.74. The summed E-state index contributed by atoms with van der Waals surface area (Å²) >= 11 is 0. The van der Waals surface area contributed by atoms with Crippen LogP contribution in [0.5, 0.6) is 0 Å². The molecule has 0 saturated heterocycles. The normalized spacial score (nSPS) is 11.4. The SMILES string of the molecule is [C-]#[N+]c1ccc(-c2nc(C(C)(C)C)nc3ncccc23)cc1. The lowest BCUT2D eigenvalue weighted by molar-refractivity contribution is 0.548. The van der Waals surface area contributed by atoms with Crippen LogP contribution in [0.1, 0.15) is 26.6 Å². The number of nitrogens with zero attached hydrogens (tertiary/aromatic N) is 4. The molecule has 4 nitrogen and oxygen atoms in total. The molecule has 0 aliphatic carbocycles. The third-order valence-electron chi connectivity index (χ3n) is 3.41. The van der Waals surface area contributed by atoms with Crippen molar-refractivity contribution in [1.82, 2.24) is 15.0 Å². The molecule has 0 amide bonds. The lowest BCUT2D eigenvalue weighted by atomic mass is 9.95. The van der Waals surface area contributed by atoms with Crippen LogP contribution in [0.3, 0.4) is 0 Å². The quantitative estimate of drug-likeness (QED) is 0.617. The van der Waals surface area contributed by atoms with Gasteiger partial charge in [0.2, 0.25) is 0 Å². The lowest BCUT2D eigenvalue weighted by Crippen LogP contribution is -2.16. The second-order valence-electron chi connectivity index (χ2n) is 6.18. The van der Waals surface area contributed by atoms with Crippen molar-refractivity contribution in [2.75, 3.05) is 0 Å². The van der Waals surface area contributed by atoms with Crippen LogP contribution in [0.25, 0.3) is 27.1 Å². The summed E-state index contributed by atoms with van der Waals surface area (Å²) in [5, 5.41) is 0.922. The number of fused-ring (bicyclic) bond motifs is 1. The van der Waals surface area contributed by atoms with Gasteiger partial charge in [0.15, 0.2) is 11.3 Å². The van der Waals surface area contributed by atoms with Crippen molar-refractivity contribution in [2.45, 2.75) is 26.2 Å². The van der Waals surface area contributed by atoms with E-state index in [0.717, 1.165) is 22.5 Å². The summed E-state index contributed by atoms with van der Waals surface area (Å²) in [5.74, 6) is 0.767. The zero-order chi connectivity index (χ0) is 15.7. The molecular formula is C18H16N4. The molecule has 2 heterocycles. The third-order valence-corrected chi connectivity index (χ3v) is 3.41. The van der Waals surface area contributed by atoms with Crippen LogP contribution in [0.2, 0.25) is 0 Å². The second kappa shape index (κ2) is 5.19. The van der Waals surface area contributed by atoms with Crippen LogP contribution in [0, 0.1) is 6.57 Å². The van der Waals surface area contributed by atoms with Gasteiger partial charge < -0.3 is 0 Å². The molecule has 0 bridgehead atoms. The van der Waals surface area contributed by atoms with E-state index in [9.17, 15) is 0 Å². The molecule has 0 aliphatic heterocycles. The Morgan fingerprint density at radius 2 is 1.73 bits per heavy atom. The van der Waals surface area contributed by atoms with Crippen LogP contribution < -0.4 is 0 Å². The van der Waals surface area contributed by atoms with Crippen LogP contribution >= 0.6 is 0 Å². The van der Waals surface area contributed by atoms with Gasteiger partial charge in [0.05, 0.1) is 12.3 Å². The predicted octanol–water partition coefficient (Wildman–Crippen LogP) is 4.54. The monoisotopic (exact) mass is 288 g/mol. The van der Waals surface area contributed by atoms with Gasteiger partial charge in [0.25, 0.3) is 0 Å². The van der Waals surface area contributed by atoms with Crippen molar-refractivity contribution in [3.63, 3.8) is 0 Å². The molecule has 0 N–H and O–H groups in total. The van der Waals surface area contributed by atoms with Crippen LogP contribution in [0.15, 0.2) is 42.6 Å². The van der Waals surface area contributed by atoms with Gasteiger partial charge in [-0.15, -0.1) is 0 Å². The molecule has 0 atom stereocenters. The van der Waals surface area contributed by atoms with Crippen molar-refractivity contribution in [1.29, 1.82) is 0 Å². The van der Waals surface area contributed by atoms with Crippen molar-refractivity contribution in [3.8, 4) is 11.3 Å². The highest BCUT2D eigenvalue weighted by atomic mass is 15.0. The van der Waals surface area contributed by atoms with E-state index in [-0.39, 0.29) is 5.41 Å². The second-order valence-corrected chi connectivity index (χ2v) is 6.18.